The molecule has 0 fully saturated rings. The quantitative estimate of drug-likeness (QED) is 0.520. The Labute approximate surface area is 139 Å². The van der Waals surface area contributed by atoms with Gasteiger partial charge in [0.05, 0.1) is 16.1 Å². The van der Waals surface area contributed by atoms with Crippen LogP contribution < -0.4 is 0 Å². The third-order valence-corrected chi connectivity index (χ3v) is 5.23. The summed E-state index contributed by atoms with van der Waals surface area (Å²) < 4.78 is 17.2. The predicted octanol–water partition coefficient (Wildman–Crippen LogP) is 5.86. The highest BCUT2D eigenvalue weighted by Gasteiger charge is 2.12. The third kappa shape index (κ3) is 2.43. The second-order valence-corrected chi connectivity index (χ2v) is 6.53. The lowest BCUT2D eigenvalue weighted by atomic mass is 10.1. The largest absolute Gasteiger partial charge is 0.330 e. The van der Waals surface area contributed by atoms with Crippen LogP contribution >= 0.6 is 39.7 Å². The van der Waals surface area contributed by atoms with Gasteiger partial charge in [-0.1, -0.05) is 27.5 Å². The summed E-state index contributed by atoms with van der Waals surface area (Å²) in [7, 11) is 0. The standard InChI is InChI=1S/C15H11BrClFN2S/c1-7-3-9(4-8(2)14(7)16)20-13-6-11(18)10(17)5-12(13)19-15(20)21/h3-6H,1-2H3,(H,19,21). The van der Waals surface area contributed by atoms with Crippen molar-refractivity contribution in [2.24, 2.45) is 0 Å². The molecule has 0 unspecified atom stereocenters. The molecule has 0 saturated heterocycles. The zero-order valence-corrected chi connectivity index (χ0v) is 14.5. The number of hydrogen-bond acceptors (Lipinski definition) is 1. The highest BCUT2D eigenvalue weighted by atomic mass is 79.9. The van der Waals surface area contributed by atoms with E-state index in [1.165, 1.54) is 6.07 Å². The Morgan fingerprint density at radius 2 is 1.81 bits per heavy atom. The summed E-state index contributed by atoms with van der Waals surface area (Å²) in [6.45, 7) is 4.02. The zero-order valence-electron chi connectivity index (χ0n) is 11.3. The number of H-pyrrole nitrogens is 1. The van der Waals surface area contributed by atoms with Crippen molar-refractivity contribution in [3.05, 3.63) is 55.5 Å². The van der Waals surface area contributed by atoms with Crippen molar-refractivity contribution in [3.8, 4) is 5.69 Å². The molecule has 108 valence electrons. The minimum Gasteiger partial charge on any atom is -0.330 e. The Balaban J connectivity index is 2.37. The molecule has 0 spiro atoms. The van der Waals surface area contributed by atoms with Gasteiger partial charge >= 0.3 is 0 Å². The number of halogens is 3. The summed E-state index contributed by atoms with van der Waals surface area (Å²) in [5, 5.41) is 0.0778. The normalized spacial score (nSPS) is 11.3. The van der Waals surface area contributed by atoms with Crippen molar-refractivity contribution in [2.45, 2.75) is 13.8 Å². The number of aromatic amines is 1. The predicted molar refractivity (Wildman–Crippen MR) is 90.6 cm³/mol. The van der Waals surface area contributed by atoms with Crippen LogP contribution in [0, 0.1) is 24.4 Å². The summed E-state index contributed by atoms with van der Waals surface area (Å²) in [5.41, 5.74) is 4.46. The molecule has 0 aliphatic heterocycles. The molecule has 0 saturated carbocycles. The smallest absolute Gasteiger partial charge is 0.182 e. The molecular weight excluding hydrogens is 375 g/mol. The van der Waals surface area contributed by atoms with E-state index in [1.807, 2.05) is 30.5 Å². The second-order valence-electron chi connectivity index (χ2n) is 4.94. The molecule has 6 heteroatoms. The molecular formula is C15H11BrClFN2S. The topological polar surface area (TPSA) is 20.7 Å². The van der Waals surface area contributed by atoms with Crippen molar-refractivity contribution >= 4 is 50.8 Å². The fraction of sp³-hybridized carbons (Fsp3) is 0.133. The van der Waals surface area contributed by atoms with Gasteiger partial charge in [-0.25, -0.2) is 4.39 Å². The van der Waals surface area contributed by atoms with Crippen LogP contribution in [0.4, 0.5) is 4.39 Å². The first-order valence-corrected chi connectivity index (χ1v) is 7.83. The molecule has 2 nitrogen and oxygen atoms in total. The number of nitrogens with zero attached hydrogens (tertiary/aromatic N) is 1. The van der Waals surface area contributed by atoms with E-state index in [0.29, 0.717) is 15.8 Å². The zero-order chi connectivity index (χ0) is 15.3. The molecule has 1 heterocycles. The van der Waals surface area contributed by atoms with E-state index in [-0.39, 0.29) is 5.02 Å². The number of aryl methyl sites for hydroxylation is 2. The number of imidazole rings is 1. The van der Waals surface area contributed by atoms with Crippen LogP contribution in [0.15, 0.2) is 28.7 Å². The molecule has 0 radical (unpaired) electrons. The lowest BCUT2D eigenvalue weighted by Gasteiger charge is -2.10. The van der Waals surface area contributed by atoms with Gasteiger partial charge in [0.15, 0.2) is 4.77 Å². The van der Waals surface area contributed by atoms with Crippen molar-refractivity contribution in [2.75, 3.05) is 0 Å². The van der Waals surface area contributed by atoms with E-state index in [4.69, 9.17) is 23.8 Å². The van der Waals surface area contributed by atoms with Crippen LogP contribution in [-0.4, -0.2) is 9.55 Å². The average Bonchev–Trinajstić information content (AvgIpc) is 2.71. The van der Waals surface area contributed by atoms with Gasteiger partial charge in [-0.2, -0.15) is 0 Å². The van der Waals surface area contributed by atoms with Crippen LogP contribution in [0.2, 0.25) is 5.02 Å². The van der Waals surface area contributed by atoms with Crippen LogP contribution in [0.25, 0.3) is 16.7 Å². The number of rotatable bonds is 1. The van der Waals surface area contributed by atoms with Crippen LogP contribution in [0.5, 0.6) is 0 Å². The summed E-state index contributed by atoms with van der Waals surface area (Å²) in [4.78, 5) is 3.06. The highest BCUT2D eigenvalue weighted by Crippen LogP contribution is 2.29. The first-order valence-electron chi connectivity index (χ1n) is 6.25. The van der Waals surface area contributed by atoms with Gasteiger partial charge in [0.25, 0.3) is 0 Å². The van der Waals surface area contributed by atoms with Crippen molar-refractivity contribution in [1.82, 2.24) is 9.55 Å². The Hall–Kier alpha value is -1.17. The van der Waals surface area contributed by atoms with Crippen molar-refractivity contribution in [1.29, 1.82) is 0 Å². The van der Waals surface area contributed by atoms with Gasteiger partial charge < -0.3 is 4.98 Å². The van der Waals surface area contributed by atoms with E-state index >= 15 is 0 Å². The third-order valence-electron chi connectivity index (χ3n) is 3.40. The summed E-state index contributed by atoms with van der Waals surface area (Å²) >= 11 is 14.7. The SMILES string of the molecule is Cc1cc(-n2c(=S)[nH]c3cc(Cl)c(F)cc32)cc(C)c1Br. The molecule has 1 N–H and O–H groups in total. The summed E-state index contributed by atoms with van der Waals surface area (Å²) in [6.07, 6.45) is 0. The maximum Gasteiger partial charge on any atom is 0.182 e. The van der Waals surface area contributed by atoms with Gasteiger partial charge in [-0.15, -0.1) is 0 Å². The lowest BCUT2D eigenvalue weighted by Crippen LogP contribution is -1.97. The van der Waals surface area contributed by atoms with Gasteiger partial charge in [-0.05, 0) is 55.4 Å². The molecule has 0 atom stereocenters. The molecule has 3 rings (SSSR count). The van der Waals surface area contributed by atoms with E-state index < -0.39 is 5.82 Å². The second kappa shape index (κ2) is 5.23. The first-order chi connectivity index (χ1) is 9.88. The first kappa shape index (κ1) is 14.8. The summed E-state index contributed by atoms with van der Waals surface area (Å²) in [6, 6.07) is 6.97. The molecule has 3 aromatic rings. The van der Waals surface area contributed by atoms with E-state index in [0.717, 1.165) is 21.3 Å². The van der Waals surface area contributed by atoms with Gasteiger partial charge in [0, 0.05) is 16.2 Å². The minimum absolute atomic E-state index is 0.0778. The monoisotopic (exact) mass is 384 g/mol. The van der Waals surface area contributed by atoms with Crippen molar-refractivity contribution in [3.63, 3.8) is 0 Å². The number of hydrogen-bond donors (Lipinski definition) is 1. The molecule has 1 aromatic heterocycles. The minimum atomic E-state index is -0.461. The molecule has 21 heavy (non-hydrogen) atoms. The maximum absolute atomic E-state index is 13.8. The number of fused-ring (bicyclic) bond motifs is 1. The number of aromatic nitrogens is 2. The number of nitrogens with one attached hydrogen (secondary N) is 1. The Morgan fingerprint density at radius 3 is 2.43 bits per heavy atom. The maximum atomic E-state index is 13.8. The van der Waals surface area contributed by atoms with Gasteiger partial charge in [-0.3, -0.25) is 4.57 Å². The molecule has 0 aliphatic rings. The van der Waals surface area contributed by atoms with Crippen LogP contribution in [-0.2, 0) is 0 Å². The molecule has 0 amide bonds. The Morgan fingerprint density at radius 1 is 1.19 bits per heavy atom. The Bertz CT molecular complexity index is 906. The van der Waals surface area contributed by atoms with Crippen LogP contribution in [0.1, 0.15) is 11.1 Å². The van der Waals surface area contributed by atoms with Gasteiger partial charge in [0.1, 0.15) is 5.82 Å². The number of benzene rings is 2. The average molecular weight is 386 g/mol. The van der Waals surface area contributed by atoms with Crippen LogP contribution in [0.3, 0.4) is 0 Å². The van der Waals surface area contributed by atoms with Gasteiger partial charge in [0.2, 0.25) is 0 Å². The lowest BCUT2D eigenvalue weighted by molar-refractivity contribution is 0.629. The van der Waals surface area contributed by atoms with E-state index in [2.05, 4.69) is 20.9 Å². The molecule has 0 bridgehead atoms. The van der Waals surface area contributed by atoms with Crippen molar-refractivity contribution < 1.29 is 4.39 Å². The van der Waals surface area contributed by atoms with E-state index in [9.17, 15) is 4.39 Å². The molecule has 2 aromatic carbocycles. The van der Waals surface area contributed by atoms with E-state index in [1.54, 1.807) is 6.07 Å². The Kier molecular flexibility index (Phi) is 3.67. The highest BCUT2D eigenvalue weighted by molar-refractivity contribution is 9.10. The summed E-state index contributed by atoms with van der Waals surface area (Å²) in [5.74, 6) is -0.461. The fourth-order valence-corrected chi connectivity index (χ4v) is 3.12. The fourth-order valence-electron chi connectivity index (χ4n) is 2.41. The molecule has 0 aliphatic carbocycles.